The van der Waals surface area contributed by atoms with Gasteiger partial charge in [-0.15, -0.1) is 0 Å². The molecule has 0 amide bonds. The first-order chi connectivity index (χ1) is 13.6. The second-order valence-corrected chi connectivity index (χ2v) is 10.1. The monoisotopic (exact) mass is 461 g/mol. The first-order valence-corrected chi connectivity index (χ1v) is 11.1. The molecular formula is C25H30N3Y-. The van der Waals surface area contributed by atoms with Gasteiger partial charge in [-0.3, -0.25) is 4.40 Å². The van der Waals surface area contributed by atoms with Gasteiger partial charge in [0.25, 0.3) is 0 Å². The number of allylic oxidation sites excluding steroid dienone is 4. The van der Waals surface area contributed by atoms with Crippen molar-refractivity contribution in [1.82, 2.24) is 14.4 Å². The summed E-state index contributed by atoms with van der Waals surface area (Å²) in [6.07, 6.45) is 22.6. The molecule has 1 radical (unpaired) electrons. The second kappa shape index (κ2) is 7.12. The molecule has 0 saturated heterocycles. The molecule has 4 aliphatic rings. The number of nitrogens with zero attached hydrogens (tertiary/aromatic N) is 3. The van der Waals surface area contributed by atoms with Crippen molar-refractivity contribution in [1.29, 1.82) is 0 Å². The molecule has 149 valence electrons. The topological polar surface area (TPSA) is 30.2 Å². The van der Waals surface area contributed by atoms with Crippen molar-refractivity contribution in [3.8, 4) is 0 Å². The van der Waals surface area contributed by atoms with E-state index in [0.29, 0.717) is 5.41 Å². The molecule has 2 saturated carbocycles. The van der Waals surface area contributed by atoms with Crippen molar-refractivity contribution in [2.24, 2.45) is 28.6 Å². The molecule has 0 aromatic carbocycles. The summed E-state index contributed by atoms with van der Waals surface area (Å²) in [5.41, 5.74) is 6.26. The van der Waals surface area contributed by atoms with Crippen LogP contribution < -0.4 is 0 Å². The summed E-state index contributed by atoms with van der Waals surface area (Å²) in [4.78, 5) is 9.00. The minimum Gasteiger partial charge on any atom is -0.325 e. The Morgan fingerprint density at radius 2 is 2.00 bits per heavy atom. The van der Waals surface area contributed by atoms with E-state index in [4.69, 9.17) is 0 Å². The fourth-order valence-corrected chi connectivity index (χ4v) is 7.48. The third-order valence-electron chi connectivity index (χ3n) is 9.03. The van der Waals surface area contributed by atoms with Crippen LogP contribution in [-0.4, -0.2) is 14.4 Å². The third-order valence-corrected chi connectivity index (χ3v) is 9.03. The van der Waals surface area contributed by atoms with Crippen LogP contribution in [0.3, 0.4) is 0 Å². The molecule has 3 unspecified atom stereocenters. The number of fused-ring (bicyclic) bond motifs is 6. The molecule has 4 aliphatic carbocycles. The van der Waals surface area contributed by atoms with Gasteiger partial charge in [-0.25, -0.2) is 9.97 Å². The Morgan fingerprint density at radius 3 is 2.90 bits per heavy atom. The van der Waals surface area contributed by atoms with E-state index in [9.17, 15) is 0 Å². The Morgan fingerprint density at radius 1 is 1.10 bits per heavy atom. The normalized spacial score (nSPS) is 38.3. The van der Waals surface area contributed by atoms with Gasteiger partial charge in [0.05, 0.1) is 11.9 Å². The second-order valence-electron chi connectivity index (χ2n) is 10.1. The van der Waals surface area contributed by atoms with Gasteiger partial charge in [0.15, 0.2) is 0 Å². The SMILES string of the molecule is C[C@]12CC[CH-]CC1=CCC1C2CC[C@]2(C)C(c3cnc4ccncn34)=CCC12.[Y]. The number of aromatic nitrogens is 3. The maximum atomic E-state index is 4.65. The summed E-state index contributed by atoms with van der Waals surface area (Å²) in [6.45, 7) is 5.13. The maximum absolute atomic E-state index is 4.65. The summed E-state index contributed by atoms with van der Waals surface area (Å²) >= 11 is 0. The van der Waals surface area contributed by atoms with Crippen molar-refractivity contribution < 1.29 is 32.7 Å². The van der Waals surface area contributed by atoms with Gasteiger partial charge >= 0.3 is 0 Å². The Kier molecular flexibility index (Phi) is 4.94. The van der Waals surface area contributed by atoms with Crippen LogP contribution in [0.2, 0.25) is 0 Å². The fourth-order valence-electron chi connectivity index (χ4n) is 7.48. The van der Waals surface area contributed by atoms with Crippen LogP contribution in [0, 0.1) is 35.0 Å². The molecule has 2 heterocycles. The van der Waals surface area contributed by atoms with Gasteiger partial charge < -0.3 is 6.42 Å². The molecule has 2 aromatic heterocycles. The molecular weight excluding hydrogens is 431 g/mol. The van der Waals surface area contributed by atoms with Gasteiger partial charge in [-0.05, 0) is 65.9 Å². The molecule has 0 N–H and O–H groups in total. The van der Waals surface area contributed by atoms with Crippen LogP contribution in [-0.2, 0) is 32.7 Å². The molecule has 0 spiro atoms. The van der Waals surface area contributed by atoms with Crippen LogP contribution in [0.4, 0.5) is 0 Å². The summed E-state index contributed by atoms with van der Waals surface area (Å²) in [5.74, 6) is 2.47. The average molecular weight is 461 g/mol. The summed E-state index contributed by atoms with van der Waals surface area (Å²) in [7, 11) is 0. The van der Waals surface area contributed by atoms with E-state index in [0.717, 1.165) is 23.4 Å². The minimum absolute atomic E-state index is 0. The van der Waals surface area contributed by atoms with Crippen LogP contribution in [0.1, 0.15) is 64.5 Å². The molecule has 6 rings (SSSR count). The molecule has 4 heteroatoms. The first kappa shape index (κ1) is 20.1. The minimum atomic E-state index is 0. The Labute approximate surface area is 199 Å². The quantitative estimate of drug-likeness (QED) is 0.392. The predicted molar refractivity (Wildman–Crippen MR) is 112 cm³/mol. The molecule has 29 heavy (non-hydrogen) atoms. The largest absolute Gasteiger partial charge is 0.325 e. The van der Waals surface area contributed by atoms with Gasteiger partial charge in [0, 0.05) is 38.9 Å². The van der Waals surface area contributed by atoms with Crippen molar-refractivity contribution in [2.45, 2.75) is 58.8 Å². The number of hydrogen-bond donors (Lipinski definition) is 0. The summed E-state index contributed by atoms with van der Waals surface area (Å²) < 4.78 is 2.18. The molecule has 0 bridgehead atoms. The van der Waals surface area contributed by atoms with E-state index in [-0.39, 0.29) is 38.1 Å². The maximum Gasteiger partial charge on any atom is 0.139 e. The van der Waals surface area contributed by atoms with E-state index < -0.39 is 0 Å². The van der Waals surface area contributed by atoms with Crippen LogP contribution in [0.5, 0.6) is 0 Å². The predicted octanol–water partition coefficient (Wildman–Crippen LogP) is 5.89. The fraction of sp³-hybridized carbons (Fsp3) is 0.560. The first-order valence-electron chi connectivity index (χ1n) is 11.1. The van der Waals surface area contributed by atoms with Gasteiger partial charge in [0.2, 0.25) is 0 Å². The van der Waals surface area contributed by atoms with Crippen LogP contribution in [0.25, 0.3) is 11.2 Å². The standard InChI is InChI=1S/C25H30N3.Y/c1-24-12-4-3-5-17(24)6-7-18-19-8-9-21(25(19,2)13-10-20(18)24)22-15-27-23-11-14-26-16-28(22)23;/h3,6,9,11,14-16,18-20H,4-5,7-8,10,12-13H2,1-2H3;/q-1;/t18?,19?,20?,24-,25-;/m0./s1. The molecule has 0 aliphatic heterocycles. The summed E-state index contributed by atoms with van der Waals surface area (Å²) in [5, 5.41) is 0. The van der Waals surface area contributed by atoms with Crippen molar-refractivity contribution >= 4 is 11.2 Å². The van der Waals surface area contributed by atoms with E-state index in [1.807, 2.05) is 18.6 Å². The number of rotatable bonds is 1. The van der Waals surface area contributed by atoms with Gasteiger partial charge in [0.1, 0.15) is 12.0 Å². The van der Waals surface area contributed by atoms with E-state index in [1.54, 1.807) is 5.57 Å². The summed E-state index contributed by atoms with van der Waals surface area (Å²) in [6, 6.07) is 2.00. The zero-order valence-electron chi connectivity index (χ0n) is 17.6. The van der Waals surface area contributed by atoms with Gasteiger partial charge in [-0.2, -0.15) is 12.8 Å². The van der Waals surface area contributed by atoms with Gasteiger partial charge in [-0.1, -0.05) is 38.0 Å². The Bertz CT molecular complexity index is 1000. The van der Waals surface area contributed by atoms with Crippen molar-refractivity contribution in [3.63, 3.8) is 0 Å². The Balaban J connectivity index is 0.00000181. The van der Waals surface area contributed by atoms with Crippen molar-refractivity contribution in [3.05, 3.63) is 54.6 Å². The molecule has 2 aromatic rings. The third kappa shape index (κ3) is 2.75. The molecule has 3 nitrogen and oxygen atoms in total. The van der Waals surface area contributed by atoms with Crippen molar-refractivity contribution in [2.75, 3.05) is 0 Å². The smallest absolute Gasteiger partial charge is 0.139 e. The Hall–Kier alpha value is -0.796. The average Bonchev–Trinajstić information content (AvgIpc) is 3.28. The van der Waals surface area contributed by atoms with E-state index >= 15 is 0 Å². The van der Waals surface area contributed by atoms with Crippen LogP contribution in [0.15, 0.2) is 42.5 Å². The number of hydrogen-bond acceptors (Lipinski definition) is 2. The molecule has 5 atom stereocenters. The van der Waals surface area contributed by atoms with Crippen LogP contribution >= 0.6 is 0 Å². The zero-order valence-corrected chi connectivity index (χ0v) is 20.5. The van der Waals surface area contributed by atoms with E-state index in [1.165, 1.54) is 56.2 Å². The number of imidazole rings is 1. The van der Waals surface area contributed by atoms with E-state index in [2.05, 4.69) is 53.0 Å². The zero-order chi connectivity index (χ0) is 18.9. The molecule has 2 fully saturated rings.